The first-order chi connectivity index (χ1) is 9.02. The molecule has 1 unspecified atom stereocenters. The van der Waals surface area contributed by atoms with Gasteiger partial charge in [-0.05, 0) is 36.1 Å². The van der Waals surface area contributed by atoms with Crippen LogP contribution in [0.1, 0.15) is 32.5 Å². The lowest BCUT2D eigenvalue weighted by Crippen LogP contribution is -2.13. The van der Waals surface area contributed by atoms with Gasteiger partial charge in [-0.3, -0.25) is 0 Å². The molecule has 0 spiro atoms. The van der Waals surface area contributed by atoms with Gasteiger partial charge in [0.15, 0.2) is 0 Å². The van der Waals surface area contributed by atoms with Crippen molar-refractivity contribution in [3.05, 3.63) is 24.0 Å². The number of fused-ring (bicyclic) bond motifs is 1. The van der Waals surface area contributed by atoms with E-state index in [4.69, 9.17) is 10.7 Å². The van der Waals surface area contributed by atoms with E-state index in [9.17, 15) is 0 Å². The number of anilines is 1. The van der Waals surface area contributed by atoms with E-state index in [1.54, 1.807) is 0 Å². The number of benzene rings is 1. The quantitative estimate of drug-likeness (QED) is 0.847. The lowest BCUT2D eigenvalue weighted by molar-refractivity contribution is 0.515. The van der Waals surface area contributed by atoms with Crippen molar-refractivity contribution in [3.63, 3.8) is 0 Å². The van der Waals surface area contributed by atoms with Crippen LogP contribution in [0.3, 0.4) is 0 Å². The van der Waals surface area contributed by atoms with Gasteiger partial charge in [0.25, 0.3) is 0 Å². The third-order valence-electron chi connectivity index (χ3n) is 3.26. The highest BCUT2D eigenvalue weighted by Crippen LogP contribution is 2.25. The fourth-order valence-corrected chi connectivity index (χ4v) is 3.12. The van der Waals surface area contributed by atoms with Crippen molar-refractivity contribution in [2.45, 2.75) is 33.2 Å². The molecule has 1 aromatic heterocycles. The zero-order valence-electron chi connectivity index (χ0n) is 12.2. The Kier molecular flexibility index (Phi) is 4.40. The minimum absolute atomic E-state index is 0.426. The first kappa shape index (κ1) is 14.3. The van der Waals surface area contributed by atoms with E-state index in [1.807, 2.05) is 23.9 Å². The average molecular weight is 277 g/mol. The van der Waals surface area contributed by atoms with E-state index in [1.165, 1.54) is 11.3 Å². The van der Waals surface area contributed by atoms with E-state index in [0.717, 1.165) is 23.6 Å². The van der Waals surface area contributed by atoms with Gasteiger partial charge in [-0.15, -0.1) is 0 Å². The summed E-state index contributed by atoms with van der Waals surface area (Å²) in [5, 5.41) is 0. The third-order valence-corrected chi connectivity index (χ3v) is 4.17. The molecule has 0 aliphatic carbocycles. The lowest BCUT2D eigenvalue weighted by atomic mass is 10.1. The van der Waals surface area contributed by atoms with Crippen molar-refractivity contribution in [1.29, 1.82) is 0 Å². The number of aromatic nitrogens is 2. The molecule has 0 aliphatic rings. The molecule has 0 bridgehead atoms. The van der Waals surface area contributed by atoms with Crippen LogP contribution in [0.15, 0.2) is 18.2 Å². The monoisotopic (exact) mass is 277 g/mol. The van der Waals surface area contributed by atoms with Gasteiger partial charge in [-0.25, -0.2) is 4.98 Å². The lowest BCUT2D eigenvalue weighted by Gasteiger charge is -2.16. The number of nitrogens with two attached hydrogens (primary N) is 1. The molecule has 1 atom stereocenters. The maximum Gasteiger partial charge on any atom is 0.112 e. The van der Waals surface area contributed by atoms with Crippen LogP contribution in [0.25, 0.3) is 11.0 Å². The molecule has 1 heterocycles. The fourth-order valence-electron chi connectivity index (χ4n) is 2.45. The standard InChI is InChI=1S/C15H23N3S/c1-10(2)15-17-13-7-12(16)5-6-14(13)18(15)8-11(3)9-19-4/h5-7,10-11H,8-9,16H2,1-4H3. The van der Waals surface area contributed by atoms with Crippen LogP contribution < -0.4 is 5.73 Å². The van der Waals surface area contributed by atoms with Crippen LogP contribution in [0.4, 0.5) is 5.69 Å². The SMILES string of the molecule is CSCC(C)Cn1c(C(C)C)nc2cc(N)ccc21. The second-order valence-electron chi connectivity index (χ2n) is 5.54. The summed E-state index contributed by atoms with van der Waals surface area (Å²) in [6.07, 6.45) is 2.16. The zero-order valence-corrected chi connectivity index (χ0v) is 13.0. The van der Waals surface area contributed by atoms with Gasteiger partial charge in [0.2, 0.25) is 0 Å². The number of rotatable bonds is 5. The van der Waals surface area contributed by atoms with Gasteiger partial charge in [-0.1, -0.05) is 20.8 Å². The highest BCUT2D eigenvalue weighted by Gasteiger charge is 2.15. The van der Waals surface area contributed by atoms with Gasteiger partial charge in [0.05, 0.1) is 11.0 Å². The molecule has 2 N–H and O–H groups in total. The number of imidazole rings is 1. The van der Waals surface area contributed by atoms with Crippen LogP contribution >= 0.6 is 11.8 Å². The van der Waals surface area contributed by atoms with E-state index in [0.29, 0.717) is 11.8 Å². The molecule has 2 rings (SSSR count). The smallest absolute Gasteiger partial charge is 0.112 e. The Hall–Kier alpha value is -1.16. The van der Waals surface area contributed by atoms with Gasteiger partial charge >= 0.3 is 0 Å². The third kappa shape index (κ3) is 3.06. The molecule has 19 heavy (non-hydrogen) atoms. The number of hydrogen-bond donors (Lipinski definition) is 1. The van der Waals surface area contributed by atoms with Crippen LogP contribution in [-0.4, -0.2) is 21.6 Å². The molecule has 0 saturated heterocycles. The summed E-state index contributed by atoms with van der Waals surface area (Å²) in [4.78, 5) is 4.76. The first-order valence-corrected chi connectivity index (χ1v) is 8.17. The van der Waals surface area contributed by atoms with Gasteiger partial charge in [-0.2, -0.15) is 11.8 Å². The Morgan fingerprint density at radius 2 is 2.05 bits per heavy atom. The number of hydrogen-bond acceptors (Lipinski definition) is 3. The molecular weight excluding hydrogens is 254 g/mol. The van der Waals surface area contributed by atoms with E-state index in [2.05, 4.69) is 37.7 Å². The van der Waals surface area contributed by atoms with Crippen LogP contribution in [0.2, 0.25) is 0 Å². The summed E-state index contributed by atoms with van der Waals surface area (Å²) >= 11 is 1.90. The molecule has 1 aromatic carbocycles. The molecule has 2 aromatic rings. The van der Waals surface area contributed by atoms with Crippen molar-refractivity contribution in [2.75, 3.05) is 17.7 Å². The van der Waals surface area contributed by atoms with Crippen molar-refractivity contribution in [2.24, 2.45) is 5.92 Å². The molecule has 4 heteroatoms. The Bertz CT molecular complexity index is 560. The van der Waals surface area contributed by atoms with Crippen molar-refractivity contribution < 1.29 is 0 Å². The Balaban J connectivity index is 2.46. The van der Waals surface area contributed by atoms with Crippen LogP contribution in [-0.2, 0) is 6.54 Å². The predicted octanol–water partition coefficient (Wildman–Crippen LogP) is 3.74. The summed E-state index contributed by atoms with van der Waals surface area (Å²) in [5.41, 5.74) is 8.85. The second kappa shape index (κ2) is 5.87. The van der Waals surface area contributed by atoms with E-state index < -0.39 is 0 Å². The topological polar surface area (TPSA) is 43.8 Å². The van der Waals surface area contributed by atoms with Gasteiger partial charge < -0.3 is 10.3 Å². The Labute approximate surface area is 119 Å². The minimum Gasteiger partial charge on any atom is -0.399 e. The minimum atomic E-state index is 0.426. The van der Waals surface area contributed by atoms with Crippen LogP contribution in [0.5, 0.6) is 0 Å². The summed E-state index contributed by atoms with van der Waals surface area (Å²) < 4.78 is 2.36. The molecular formula is C15H23N3S. The number of thioether (sulfide) groups is 1. The zero-order chi connectivity index (χ0) is 14.0. The van der Waals surface area contributed by atoms with Crippen LogP contribution in [0, 0.1) is 5.92 Å². The Morgan fingerprint density at radius 3 is 2.68 bits per heavy atom. The van der Waals surface area contributed by atoms with E-state index >= 15 is 0 Å². The summed E-state index contributed by atoms with van der Waals surface area (Å²) in [7, 11) is 0. The fraction of sp³-hybridized carbons (Fsp3) is 0.533. The largest absolute Gasteiger partial charge is 0.399 e. The number of nitrogens with zero attached hydrogens (tertiary/aromatic N) is 2. The summed E-state index contributed by atoms with van der Waals surface area (Å²) in [5.74, 6) is 3.40. The highest BCUT2D eigenvalue weighted by molar-refractivity contribution is 7.98. The predicted molar refractivity (Wildman–Crippen MR) is 85.8 cm³/mol. The maximum atomic E-state index is 5.86. The van der Waals surface area contributed by atoms with E-state index in [-0.39, 0.29) is 0 Å². The molecule has 104 valence electrons. The number of nitrogen functional groups attached to an aromatic ring is 1. The molecule has 0 amide bonds. The van der Waals surface area contributed by atoms with Gasteiger partial charge in [0.1, 0.15) is 5.82 Å². The molecule has 3 nitrogen and oxygen atoms in total. The highest BCUT2D eigenvalue weighted by atomic mass is 32.2. The summed E-state index contributed by atoms with van der Waals surface area (Å²) in [6.45, 7) is 7.71. The molecule has 0 radical (unpaired) electrons. The summed E-state index contributed by atoms with van der Waals surface area (Å²) in [6, 6.07) is 6.02. The first-order valence-electron chi connectivity index (χ1n) is 6.77. The molecule has 0 aliphatic heterocycles. The normalized spacial score (nSPS) is 13.3. The second-order valence-corrected chi connectivity index (χ2v) is 6.45. The van der Waals surface area contributed by atoms with Crippen molar-refractivity contribution in [1.82, 2.24) is 9.55 Å². The maximum absolute atomic E-state index is 5.86. The van der Waals surface area contributed by atoms with Crippen molar-refractivity contribution >= 4 is 28.5 Å². The molecule has 0 fully saturated rings. The van der Waals surface area contributed by atoms with Gasteiger partial charge in [0, 0.05) is 18.2 Å². The average Bonchev–Trinajstić information content (AvgIpc) is 2.67. The van der Waals surface area contributed by atoms with Crippen molar-refractivity contribution in [3.8, 4) is 0 Å². The molecule has 0 saturated carbocycles. The Morgan fingerprint density at radius 1 is 1.32 bits per heavy atom.